The van der Waals surface area contributed by atoms with Crippen molar-refractivity contribution < 1.29 is 4.79 Å². The van der Waals surface area contributed by atoms with Gasteiger partial charge in [-0.3, -0.25) is 9.59 Å². The van der Waals surface area contributed by atoms with E-state index < -0.39 is 11.5 Å². The van der Waals surface area contributed by atoms with E-state index in [1.165, 1.54) is 9.08 Å². The highest BCUT2D eigenvalue weighted by Gasteiger charge is 2.23. The molecule has 2 aromatic heterocycles. The minimum atomic E-state index is -0.541. The number of anilines is 1. The first-order chi connectivity index (χ1) is 16.5. The first-order valence-corrected chi connectivity index (χ1v) is 10.9. The third-order valence-electron chi connectivity index (χ3n) is 5.30. The van der Waals surface area contributed by atoms with Gasteiger partial charge in [0.1, 0.15) is 5.69 Å². The monoisotopic (exact) mass is 470 g/mol. The summed E-state index contributed by atoms with van der Waals surface area (Å²) < 4.78 is 2.60. The van der Waals surface area contributed by atoms with Crippen LogP contribution in [0.15, 0.2) is 83.7 Å². The number of para-hydroxylation sites is 1. The molecule has 0 unspecified atom stereocenters. The lowest BCUT2D eigenvalue weighted by atomic mass is 10.1. The Morgan fingerprint density at radius 3 is 2.35 bits per heavy atom. The number of nitrogens with zero attached hydrogens (tertiary/aromatic N) is 5. The lowest BCUT2D eigenvalue weighted by Crippen LogP contribution is -2.26. The number of carbonyl (C=O) groups is 1. The predicted octanol–water partition coefficient (Wildman–Crippen LogP) is 4.08. The molecule has 0 bridgehead atoms. The molecule has 5 aromatic rings. The van der Waals surface area contributed by atoms with Gasteiger partial charge in [0, 0.05) is 17.1 Å². The van der Waals surface area contributed by atoms with Gasteiger partial charge < -0.3 is 5.32 Å². The Bertz CT molecular complexity index is 1540. The van der Waals surface area contributed by atoms with Gasteiger partial charge in [0.25, 0.3) is 17.2 Å². The molecule has 0 radical (unpaired) electrons. The number of benzene rings is 3. The molecule has 0 atom stereocenters. The Morgan fingerprint density at radius 2 is 1.65 bits per heavy atom. The molecule has 0 aliphatic carbocycles. The predicted molar refractivity (Wildman–Crippen MR) is 130 cm³/mol. The van der Waals surface area contributed by atoms with E-state index in [1.54, 1.807) is 48.5 Å². The lowest BCUT2D eigenvalue weighted by molar-refractivity contribution is 0.101. The zero-order chi connectivity index (χ0) is 23.7. The van der Waals surface area contributed by atoms with Gasteiger partial charge in [-0.2, -0.15) is 4.68 Å². The maximum atomic E-state index is 13.5. The van der Waals surface area contributed by atoms with Crippen LogP contribution in [0.4, 0.5) is 5.69 Å². The summed E-state index contributed by atoms with van der Waals surface area (Å²) in [6, 6.07) is 23.6. The molecule has 0 spiro atoms. The van der Waals surface area contributed by atoms with Crippen molar-refractivity contribution in [2.45, 2.75) is 13.3 Å². The number of halogens is 1. The molecule has 5 rings (SSSR count). The van der Waals surface area contributed by atoms with Gasteiger partial charge in [-0.15, -0.1) is 15.3 Å². The van der Waals surface area contributed by atoms with E-state index in [0.29, 0.717) is 16.4 Å². The molecule has 0 fully saturated rings. The number of hydrogen-bond acceptors (Lipinski definition) is 5. The average Bonchev–Trinajstić information content (AvgIpc) is 3.24. The largest absolute Gasteiger partial charge is 0.319 e. The van der Waals surface area contributed by atoms with Gasteiger partial charge in [-0.1, -0.05) is 59.6 Å². The summed E-state index contributed by atoms with van der Waals surface area (Å²) in [6.45, 7) is 1.99. The topological polar surface area (TPSA) is 94.2 Å². The fourth-order valence-corrected chi connectivity index (χ4v) is 3.67. The van der Waals surface area contributed by atoms with Crippen LogP contribution >= 0.6 is 11.6 Å². The van der Waals surface area contributed by atoms with Crippen LogP contribution in [-0.2, 0) is 6.42 Å². The van der Waals surface area contributed by atoms with Crippen molar-refractivity contribution in [2.75, 3.05) is 5.32 Å². The molecule has 1 amide bonds. The average molecular weight is 471 g/mol. The fourth-order valence-electron chi connectivity index (χ4n) is 3.55. The van der Waals surface area contributed by atoms with Crippen LogP contribution in [0.3, 0.4) is 0 Å². The number of nitrogens with one attached hydrogen (secondary N) is 1. The van der Waals surface area contributed by atoms with E-state index in [9.17, 15) is 9.59 Å². The number of amides is 1. The molecule has 0 saturated carbocycles. The van der Waals surface area contributed by atoms with Gasteiger partial charge in [-0.25, -0.2) is 4.40 Å². The number of carbonyl (C=O) groups excluding carboxylic acids is 1. The molecule has 168 valence electrons. The summed E-state index contributed by atoms with van der Waals surface area (Å²) >= 11 is 6.02. The van der Waals surface area contributed by atoms with Crippen molar-refractivity contribution in [2.24, 2.45) is 0 Å². The van der Waals surface area contributed by atoms with Crippen molar-refractivity contribution in [3.8, 4) is 5.69 Å². The zero-order valence-electron chi connectivity index (χ0n) is 18.1. The fraction of sp³-hybridized carbons (Fsp3) is 0.0800. The van der Waals surface area contributed by atoms with E-state index in [4.69, 9.17) is 11.6 Å². The van der Waals surface area contributed by atoms with Gasteiger partial charge in [-0.05, 0) is 48.9 Å². The van der Waals surface area contributed by atoms with E-state index in [1.807, 2.05) is 37.3 Å². The van der Waals surface area contributed by atoms with Crippen molar-refractivity contribution >= 4 is 29.0 Å². The molecule has 0 aliphatic rings. The minimum absolute atomic E-state index is 0.0983. The molecule has 2 heterocycles. The molecule has 9 heteroatoms. The highest BCUT2D eigenvalue weighted by Crippen LogP contribution is 2.17. The van der Waals surface area contributed by atoms with Crippen LogP contribution in [-0.4, -0.2) is 30.3 Å². The quantitative estimate of drug-likeness (QED) is 0.417. The second-order valence-corrected chi connectivity index (χ2v) is 8.22. The minimum Gasteiger partial charge on any atom is -0.319 e. The maximum absolute atomic E-state index is 13.5. The first-order valence-electron chi connectivity index (χ1n) is 10.5. The second-order valence-electron chi connectivity index (χ2n) is 7.78. The van der Waals surface area contributed by atoms with Gasteiger partial charge in [0.05, 0.1) is 5.69 Å². The summed E-state index contributed by atoms with van der Waals surface area (Å²) in [5.41, 5.74) is 2.95. The van der Waals surface area contributed by atoms with Crippen molar-refractivity contribution in [3.05, 3.63) is 117 Å². The molecule has 0 aliphatic heterocycles. The second kappa shape index (κ2) is 8.92. The van der Waals surface area contributed by atoms with Crippen LogP contribution < -0.4 is 10.9 Å². The molecular weight excluding hydrogens is 452 g/mol. The molecular formula is C25H19ClN6O2. The molecule has 3 aromatic carbocycles. The first kappa shape index (κ1) is 21.5. The van der Waals surface area contributed by atoms with Crippen LogP contribution in [0.25, 0.3) is 11.5 Å². The van der Waals surface area contributed by atoms with Crippen molar-refractivity contribution in [1.82, 2.24) is 24.4 Å². The van der Waals surface area contributed by atoms with E-state index in [2.05, 4.69) is 20.6 Å². The third kappa shape index (κ3) is 4.18. The van der Waals surface area contributed by atoms with E-state index in [-0.39, 0.29) is 23.7 Å². The molecule has 34 heavy (non-hydrogen) atoms. The van der Waals surface area contributed by atoms with Crippen molar-refractivity contribution in [1.29, 1.82) is 0 Å². The normalized spacial score (nSPS) is 11.0. The Balaban J connectivity index is 1.64. The van der Waals surface area contributed by atoms with Gasteiger partial charge >= 0.3 is 0 Å². The SMILES string of the molecule is Cc1ccc(Cc2nnc3n(-c4ccc(Cl)cc4)nc(C(=O)Nc4ccccc4)n3c2=O)cc1. The highest BCUT2D eigenvalue weighted by molar-refractivity contribution is 6.30. The Labute approximate surface area is 199 Å². The van der Waals surface area contributed by atoms with Crippen LogP contribution in [0.1, 0.15) is 27.4 Å². The zero-order valence-corrected chi connectivity index (χ0v) is 18.9. The number of hydrogen-bond donors (Lipinski definition) is 1. The van der Waals surface area contributed by atoms with E-state index >= 15 is 0 Å². The lowest BCUT2D eigenvalue weighted by Gasteiger charge is -2.04. The van der Waals surface area contributed by atoms with E-state index in [0.717, 1.165) is 11.1 Å². The van der Waals surface area contributed by atoms with Crippen molar-refractivity contribution in [3.63, 3.8) is 0 Å². The number of fused-ring (bicyclic) bond motifs is 1. The molecule has 0 saturated heterocycles. The summed E-state index contributed by atoms with van der Waals surface area (Å²) in [5, 5.41) is 16.2. The maximum Gasteiger partial charge on any atom is 0.294 e. The number of aromatic nitrogens is 5. The molecule has 1 N–H and O–H groups in total. The third-order valence-corrected chi connectivity index (χ3v) is 5.56. The Hall–Kier alpha value is -4.30. The van der Waals surface area contributed by atoms with Crippen LogP contribution in [0, 0.1) is 6.92 Å². The Kier molecular flexibility index (Phi) is 5.65. The number of aryl methyl sites for hydroxylation is 1. The molecule has 8 nitrogen and oxygen atoms in total. The van der Waals surface area contributed by atoms with Crippen LogP contribution in [0.5, 0.6) is 0 Å². The standard InChI is InChI=1S/C25H19ClN6O2/c1-16-7-9-17(10-8-16)15-21-24(34)31-22(23(33)27-19-5-3-2-4-6-19)30-32(25(31)29-28-21)20-13-11-18(26)12-14-20/h2-14H,15H2,1H3,(H,27,33). The number of rotatable bonds is 5. The summed E-state index contributed by atoms with van der Waals surface area (Å²) in [5.74, 6) is -0.516. The van der Waals surface area contributed by atoms with Gasteiger partial charge in [0.2, 0.25) is 5.82 Å². The smallest absolute Gasteiger partial charge is 0.294 e. The Morgan fingerprint density at radius 1 is 0.941 bits per heavy atom. The summed E-state index contributed by atoms with van der Waals surface area (Å²) in [7, 11) is 0. The summed E-state index contributed by atoms with van der Waals surface area (Å²) in [6.07, 6.45) is 0.279. The highest BCUT2D eigenvalue weighted by atomic mass is 35.5. The van der Waals surface area contributed by atoms with Crippen LogP contribution in [0.2, 0.25) is 5.02 Å². The van der Waals surface area contributed by atoms with Gasteiger partial charge in [0.15, 0.2) is 0 Å². The summed E-state index contributed by atoms with van der Waals surface area (Å²) in [4.78, 5) is 26.7.